The fourth-order valence-electron chi connectivity index (χ4n) is 2.40. The number of ether oxygens (including phenoxy) is 2. The van der Waals surface area contributed by atoms with E-state index in [9.17, 15) is 14.4 Å². The van der Waals surface area contributed by atoms with Crippen molar-refractivity contribution in [2.45, 2.75) is 25.7 Å². The molecule has 152 valence electrons. The van der Waals surface area contributed by atoms with E-state index in [1.165, 1.54) is 13.0 Å². The molecule has 0 spiro atoms. The van der Waals surface area contributed by atoms with Gasteiger partial charge in [0.15, 0.2) is 0 Å². The number of esters is 1. The van der Waals surface area contributed by atoms with Crippen molar-refractivity contribution in [2.75, 3.05) is 6.54 Å². The summed E-state index contributed by atoms with van der Waals surface area (Å²) in [5.74, 6) is -1.15. The second-order valence-electron chi connectivity index (χ2n) is 6.20. The summed E-state index contributed by atoms with van der Waals surface area (Å²) in [7, 11) is 0. The average molecular weight is 396 g/mol. The Balaban J connectivity index is 1.72. The minimum atomic E-state index is -0.879. The molecular weight excluding hydrogens is 372 g/mol. The Hall–Kier alpha value is -3.61. The lowest BCUT2D eigenvalue weighted by atomic mass is 10.1. The summed E-state index contributed by atoms with van der Waals surface area (Å²) in [6.45, 7) is 4.91. The van der Waals surface area contributed by atoms with Crippen LogP contribution in [0.5, 0.6) is 0 Å². The van der Waals surface area contributed by atoms with Crippen LogP contribution < -0.4 is 10.6 Å². The lowest BCUT2D eigenvalue weighted by molar-refractivity contribution is -0.147. The first kappa shape index (κ1) is 21.7. The van der Waals surface area contributed by atoms with Gasteiger partial charge in [-0.25, -0.2) is 4.79 Å². The predicted octanol–water partition coefficient (Wildman–Crippen LogP) is 2.89. The molecule has 0 aliphatic rings. The van der Waals surface area contributed by atoms with Crippen LogP contribution >= 0.6 is 0 Å². The Bertz CT molecular complexity index is 824. The van der Waals surface area contributed by atoms with Crippen LogP contribution in [0.15, 0.2) is 73.3 Å². The van der Waals surface area contributed by atoms with E-state index in [2.05, 4.69) is 17.2 Å². The highest BCUT2D eigenvalue weighted by molar-refractivity contribution is 5.87. The maximum atomic E-state index is 12.1. The van der Waals surface area contributed by atoms with Crippen LogP contribution in [-0.4, -0.2) is 30.6 Å². The number of benzene rings is 2. The monoisotopic (exact) mass is 396 g/mol. The first-order valence-corrected chi connectivity index (χ1v) is 9.11. The van der Waals surface area contributed by atoms with E-state index in [0.717, 1.165) is 11.1 Å². The quantitative estimate of drug-likeness (QED) is 0.502. The molecule has 0 aliphatic carbocycles. The molecule has 2 atom stereocenters. The zero-order valence-corrected chi connectivity index (χ0v) is 16.2. The standard InChI is InChI=1S/C22H24N2O5/c1-3-19(18-12-8-5-9-13-18)29-20(25)14-23-21(26)16(2)24-22(27)28-15-17-10-6-4-7-11-17/h3-13,16,19H,1,14-15H2,2H3,(H,23,26)(H,24,27)/t16-,19-/m0/s1. The van der Waals surface area contributed by atoms with Gasteiger partial charge in [0.05, 0.1) is 0 Å². The summed E-state index contributed by atoms with van der Waals surface area (Å²) in [6.07, 6.45) is 0.168. The molecule has 0 aromatic heterocycles. The molecule has 2 aromatic rings. The Kier molecular flexibility index (Phi) is 8.44. The van der Waals surface area contributed by atoms with E-state index < -0.39 is 30.1 Å². The molecule has 0 bridgehead atoms. The molecule has 0 unspecified atom stereocenters. The van der Waals surface area contributed by atoms with Gasteiger partial charge in [0.2, 0.25) is 5.91 Å². The van der Waals surface area contributed by atoms with Crippen molar-refractivity contribution in [1.82, 2.24) is 10.6 Å². The molecule has 29 heavy (non-hydrogen) atoms. The second kappa shape index (κ2) is 11.3. The smallest absolute Gasteiger partial charge is 0.408 e. The molecule has 0 heterocycles. The summed E-state index contributed by atoms with van der Waals surface area (Å²) in [5.41, 5.74) is 1.61. The number of amides is 2. The number of hydrogen-bond donors (Lipinski definition) is 2. The molecule has 0 saturated carbocycles. The van der Waals surface area contributed by atoms with Crippen LogP contribution in [0, 0.1) is 0 Å². The highest BCUT2D eigenvalue weighted by Gasteiger charge is 2.19. The normalized spacial score (nSPS) is 12.2. The van der Waals surface area contributed by atoms with Gasteiger partial charge in [-0.3, -0.25) is 9.59 Å². The zero-order chi connectivity index (χ0) is 21.1. The maximum Gasteiger partial charge on any atom is 0.408 e. The fraction of sp³-hybridized carbons (Fsp3) is 0.227. The summed E-state index contributed by atoms with van der Waals surface area (Å²) in [5, 5.41) is 4.83. The average Bonchev–Trinajstić information content (AvgIpc) is 2.75. The van der Waals surface area contributed by atoms with Crippen LogP contribution in [0.4, 0.5) is 4.79 Å². The number of carbonyl (C=O) groups excluding carboxylic acids is 3. The third-order valence-corrected chi connectivity index (χ3v) is 3.95. The van der Waals surface area contributed by atoms with Gasteiger partial charge in [0, 0.05) is 0 Å². The minimum Gasteiger partial charge on any atom is -0.452 e. The first-order valence-electron chi connectivity index (χ1n) is 9.11. The molecule has 7 nitrogen and oxygen atoms in total. The number of alkyl carbamates (subject to hydrolysis) is 1. The third kappa shape index (κ3) is 7.50. The Morgan fingerprint density at radius 1 is 1.03 bits per heavy atom. The third-order valence-electron chi connectivity index (χ3n) is 3.95. The molecule has 2 amide bonds. The summed E-state index contributed by atoms with van der Waals surface area (Å²) in [6, 6.07) is 17.4. The number of nitrogens with one attached hydrogen (secondary N) is 2. The minimum absolute atomic E-state index is 0.0930. The molecule has 2 rings (SSSR count). The van der Waals surface area contributed by atoms with Crippen LogP contribution in [0.25, 0.3) is 0 Å². The SMILES string of the molecule is C=C[C@H](OC(=O)CNC(=O)[C@H](C)NC(=O)OCc1ccccc1)c1ccccc1. The second-order valence-corrected chi connectivity index (χ2v) is 6.20. The maximum absolute atomic E-state index is 12.1. The van der Waals surface area contributed by atoms with Crippen molar-refractivity contribution in [3.8, 4) is 0 Å². The number of rotatable bonds is 9. The highest BCUT2D eigenvalue weighted by atomic mass is 16.6. The summed E-state index contributed by atoms with van der Waals surface area (Å²) < 4.78 is 10.4. The van der Waals surface area contributed by atoms with Crippen molar-refractivity contribution in [3.63, 3.8) is 0 Å². The van der Waals surface area contributed by atoms with E-state index >= 15 is 0 Å². The number of hydrogen-bond acceptors (Lipinski definition) is 5. The molecule has 0 radical (unpaired) electrons. The van der Waals surface area contributed by atoms with Gasteiger partial charge in [-0.1, -0.05) is 67.2 Å². The first-order chi connectivity index (χ1) is 14.0. The van der Waals surface area contributed by atoms with Gasteiger partial charge in [0.1, 0.15) is 25.3 Å². The lowest BCUT2D eigenvalue weighted by Crippen LogP contribution is -2.46. The van der Waals surface area contributed by atoms with Gasteiger partial charge in [0.25, 0.3) is 0 Å². The molecule has 2 aromatic carbocycles. The van der Waals surface area contributed by atoms with E-state index in [4.69, 9.17) is 9.47 Å². The molecule has 0 saturated heterocycles. The molecular formula is C22H24N2O5. The van der Waals surface area contributed by atoms with E-state index in [-0.39, 0.29) is 13.2 Å². The Labute approximate surface area is 169 Å². The van der Waals surface area contributed by atoms with Crippen molar-refractivity contribution in [1.29, 1.82) is 0 Å². The fourth-order valence-corrected chi connectivity index (χ4v) is 2.40. The van der Waals surface area contributed by atoms with Crippen LogP contribution in [-0.2, 0) is 25.7 Å². The van der Waals surface area contributed by atoms with E-state index in [1.54, 1.807) is 0 Å². The summed E-state index contributed by atoms with van der Waals surface area (Å²) in [4.78, 5) is 35.9. The molecule has 2 N–H and O–H groups in total. The van der Waals surface area contributed by atoms with Crippen molar-refractivity contribution in [3.05, 3.63) is 84.4 Å². The van der Waals surface area contributed by atoms with E-state index in [0.29, 0.717) is 0 Å². The molecule has 0 fully saturated rings. The van der Waals surface area contributed by atoms with Gasteiger partial charge in [-0.05, 0) is 24.1 Å². The van der Waals surface area contributed by atoms with E-state index in [1.807, 2.05) is 60.7 Å². The van der Waals surface area contributed by atoms with Gasteiger partial charge >= 0.3 is 12.1 Å². The lowest BCUT2D eigenvalue weighted by Gasteiger charge is -2.16. The largest absolute Gasteiger partial charge is 0.452 e. The summed E-state index contributed by atoms with van der Waals surface area (Å²) >= 11 is 0. The topological polar surface area (TPSA) is 93.7 Å². The predicted molar refractivity (Wildman–Crippen MR) is 108 cm³/mol. The molecule has 7 heteroatoms. The number of carbonyl (C=O) groups is 3. The zero-order valence-electron chi connectivity index (χ0n) is 16.2. The van der Waals surface area contributed by atoms with Crippen molar-refractivity contribution in [2.24, 2.45) is 0 Å². The Morgan fingerprint density at radius 3 is 2.28 bits per heavy atom. The van der Waals surface area contributed by atoms with Crippen molar-refractivity contribution < 1.29 is 23.9 Å². The van der Waals surface area contributed by atoms with Crippen LogP contribution in [0.2, 0.25) is 0 Å². The Morgan fingerprint density at radius 2 is 1.66 bits per heavy atom. The highest BCUT2D eigenvalue weighted by Crippen LogP contribution is 2.17. The van der Waals surface area contributed by atoms with Crippen LogP contribution in [0.1, 0.15) is 24.2 Å². The molecule has 0 aliphatic heterocycles. The van der Waals surface area contributed by atoms with Crippen molar-refractivity contribution >= 4 is 18.0 Å². The van der Waals surface area contributed by atoms with Gasteiger partial charge in [-0.2, -0.15) is 0 Å². The van der Waals surface area contributed by atoms with Gasteiger partial charge in [-0.15, -0.1) is 0 Å². The van der Waals surface area contributed by atoms with Gasteiger partial charge < -0.3 is 20.1 Å². The van der Waals surface area contributed by atoms with Crippen LogP contribution in [0.3, 0.4) is 0 Å².